The number of hydrogen-bond acceptors (Lipinski definition) is 4. The minimum atomic E-state index is -0.407. The van der Waals surface area contributed by atoms with Crippen molar-refractivity contribution in [1.29, 1.82) is 0 Å². The Balaban J connectivity index is 1.77. The van der Waals surface area contributed by atoms with Gasteiger partial charge in [0.25, 0.3) is 5.91 Å². The highest BCUT2D eigenvalue weighted by molar-refractivity contribution is 5.92. The molecule has 2 aromatic rings. The summed E-state index contributed by atoms with van der Waals surface area (Å²) < 4.78 is 5.44. The Bertz CT molecular complexity index is 636. The van der Waals surface area contributed by atoms with Crippen LogP contribution in [0, 0.1) is 0 Å². The van der Waals surface area contributed by atoms with E-state index in [4.69, 9.17) is 4.42 Å². The number of hydrogen-bond donors (Lipinski definition) is 1. The number of aliphatic hydroxyl groups is 1. The summed E-state index contributed by atoms with van der Waals surface area (Å²) in [5.41, 5.74) is 1.18. The van der Waals surface area contributed by atoms with Crippen LogP contribution in [0.5, 0.6) is 0 Å². The maximum Gasteiger partial charge on any atom is 0.276 e. The predicted molar refractivity (Wildman–Crippen MR) is 82.3 cm³/mol. The highest BCUT2D eigenvalue weighted by atomic mass is 16.3. The van der Waals surface area contributed by atoms with E-state index >= 15 is 0 Å². The van der Waals surface area contributed by atoms with Gasteiger partial charge in [0.1, 0.15) is 6.26 Å². The van der Waals surface area contributed by atoms with Crippen molar-refractivity contribution in [1.82, 2.24) is 9.88 Å². The molecule has 1 aromatic heterocycles. The van der Waals surface area contributed by atoms with Gasteiger partial charge in [0.2, 0.25) is 5.89 Å². The molecule has 1 amide bonds. The van der Waals surface area contributed by atoms with Gasteiger partial charge in [-0.05, 0) is 38.3 Å². The highest BCUT2D eigenvalue weighted by Gasteiger charge is 2.31. The van der Waals surface area contributed by atoms with Crippen LogP contribution in [-0.2, 0) is 0 Å². The first-order valence-electron chi connectivity index (χ1n) is 7.65. The summed E-state index contributed by atoms with van der Waals surface area (Å²) in [7, 11) is 0. The van der Waals surface area contributed by atoms with Gasteiger partial charge in [0.15, 0.2) is 5.69 Å². The third-order valence-corrected chi connectivity index (χ3v) is 4.00. The first-order chi connectivity index (χ1) is 10.6. The number of carbonyl (C=O) groups excluding carboxylic acids is 1. The Labute approximate surface area is 129 Å². The predicted octanol–water partition coefficient (Wildman–Crippen LogP) is 2.72. The van der Waals surface area contributed by atoms with Crippen LogP contribution in [0.15, 0.2) is 41.0 Å². The number of benzene rings is 1. The quantitative estimate of drug-likeness (QED) is 0.942. The van der Waals surface area contributed by atoms with Crippen LogP contribution < -0.4 is 0 Å². The van der Waals surface area contributed by atoms with E-state index < -0.39 is 6.10 Å². The number of oxazole rings is 1. The molecule has 5 heteroatoms. The zero-order valence-electron chi connectivity index (χ0n) is 12.6. The molecule has 116 valence electrons. The molecule has 1 aliphatic rings. The van der Waals surface area contributed by atoms with Crippen LogP contribution in [0.4, 0.5) is 0 Å². The Morgan fingerprint density at radius 1 is 1.45 bits per heavy atom. The number of likely N-dealkylation sites (tertiary alicyclic amines) is 1. The van der Waals surface area contributed by atoms with E-state index in [0.717, 1.165) is 18.4 Å². The molecule has 1 aromatic carbocycles. The van der Waals surface area contributed by atoms with Crippen molar-refractivity contribution < 1.29 is 14.3 Å². The fraction of sp³-hybridized carbons (Fsp3) is 0.412. The van der Waals surface area contributed by atoms with Crippen LogP contribution in [0.3, 0.4) is 0 Å². The molecular weight excluding hydrogens is 280 g/mol. The third kappa shape index (κ3) is 3.04. The summed E-state index contributed by atoms with van der Waals surface area (Å²) in [5.74, 6) is 0.337. The van der Waals surface area contributed by atoms with Gasteiger partial charge >= 0.3 is 0 Å². The Morgan fingerprint density at radius 2 is 2.23 bits per heavy atom. The van der Waals surface area contributed by atoms with Crippen molar-refractivity contribution in [3.05, 3.63) is 42.3 Å². The van der Waals surface area contributed by atoms with Crippen LogP contribution in [0.1, 0.15) is 36.7 Å². The van der Waals surface area contributed by atoms with Gasteiger partial charge in [-0.3, -0.25) is 4.79 Å². The molecular formula is C17H20N2O3. The van der Waals surface area contributed by atoms with Gasteiger partial charge in [-0.1, -0.05) is 18.2 Å². The van der Waals surface area contributed by atoms with Gasteiger partial charge in [-0.15, -0.1) is 0 Å². The second-order valence-electron chi connectivity index (χ2n) is 5.78. The summed E-state index contributed by atoms with van der Waals surface area (Å²) >= 11 is 0. The maximum absolute atomic E-state index is 12.6. The maximum atomic E-state index is 12.6. The van der Waals surface area contributed by atoms with Crippen molar-refractivity contribution in [2.75, 3.05) is 6.54 Å². The summed E-state index contributed by atoms with van der Waals surface area (Å²) in [5, 5.41) is 9.56. The number of amides is 1. The van der Waals surface area contributed by atoms with Crippen LogP contribution in [0.25, 0.3) is 11.5 Å². The van der Waals surface area contributed by atoms with Crippen LogP contribution in [-0.4, -0.2) is 39.6 Å². The second kappa shape index (κ2) is 6.32. The summed E-state index contributed by atoms with van der Waals surface area (Å²) in [4.78, 5) is 18.7. The van der Waals surface area contributed by atoms with Crippen molar-refractivity contribution in [3.63, 3.8) is 0 Å². The van der Waals surface area contributed by atoms with Crippen molar-refractivity contribution in [2.24, 2.45) is 0 Å². The average Bonchev–Trinajstić information content (AvgIpc) is 3.16. The van der Waals surface area contributed by atoms with E-state index in [0.29, 0.717) is 24.6 Å². The molecule has 2 atom stereocenters. The lowest BCUT2D eigenvalue weighted by molar-refractivity contribution is 0.0676. The topological polar surface area (TPSA) is 66.6 Å². The second-order valence-corrected chi connectivity index (χ2v) is 5.78. The minimum absolute atomic E-state index is 0.0874. The molecule has 5 nitrogen and oxygen atoms in total. The van der Waals surface area contributed by atoms with Crippen molar-refractivity contribution >= 4 is 5.91 Å². The molecule has 1 N–H and O–H groups in total. The number of aliphatic hydroxyl groups excluding tert-OH is 1. The molecule has 22 heavy (non-hydrogen) atoms. The first kappa shape index (κ1) is 14.8. The minimum Gasteiger partial charge on any atom is -0.444 e. The zero-order valence-corrected chi connectivity index (χ0v) is 12.6. The molecule has 0 saturated carbocycles. The Kier molecular flexibility index (Phi) is 4.24. The summed E-state index contributed by atoms with van der Waals surface area (Å²) in [6.45, 7) is 2.47. The fourth-order valence-electron chi connectivity index (χ4n) is 2.97. The normalized spacial score (nSPS) is 19.4. The van der Waals surface area contributed by atoms with E-state index in [1.165, 1.54) is 6.26 Å². The molecule has 0 bridgehead atoms. The number of nitrogens with zero attached hydrogens (tertiary/aromatic N) is 2. The standard InChI is InChI=1S/C17H20N2O3/c1-12(20)10-14-8-5-9-19(14)17(21)15-11-22-16(18-15)13-6-3-2-4-7-13/h2-4,6-7,11-12,14,20H,5,8-10H2,1H3. The third-order valence-electron chi connectivity index (χ3n) is 4.00. The fourth-order valence-corrected chi connectivity index (χ4v) is 2.97. The van der Waals surface area contributed by atoms with Crippen molar-refractivity contribution in [3.8, 4) is 11.5 Å². The van der Waals surface area contributed by atoms with Gasteiger partial charge < -0.3 is 14.4 Å². The Hall–Kier alpha value is -2.14. The molecule has 0 spiro atoms. The lowest BCUT2D eigenvalue weighted by Crippen LogP contribution is -2.37. The van der Waals surface area contributed by atoms with Gasteiger partial charge in [-0.2, -0.15) is 0 Å². The number of carbonyl (C=O) groups is 1. The SMILES string of the molecule is CC(O)CC1CCCN1C(=O)c1coc(-c2ccccc2)n1. The van der Waals surface area contributed by atoms with E-state index in [2.05, 4.69) is 4.98 Å². The van der Waals surface area contributed by atoms with Crippen LogP contribution in [0.2, 0.25) is 0 Å². The highest BCUT2D eigenvalue weighted by Crippen LogP contribution is 2.25. The van der Waals surface area contributed by atoms with Crippen molar-refractivity contribution in [2.45, 2.75) is 38.3 Å². The molecule has 0 radical (unpaired) electrons. The Morgan fingerprint density at radius 3 is 2.95 bits per heavy atom. The zero-order chi connectivity index (χ0) is 15.5. The first-order valence-corrected chi connectivity index (χ1v) is 7.65. The monoisotopic (exact) mass is 300 g/mol. The molecule has 1 saturated heterocycles. The largest absolute Gasteiger partial charge is 0.444 e. The van der Waals surface area contributed by atoms with Gasteiger partial charge in [0.05, 0.1) is 6.10 Å². The lowest BCUT2D eigenvalue weighted by atomic mass is 10.1. The molecule has 1 aliphatic heterocycles. The number of aromatic nitrogens is 1. The average molecular weight is 300 g/mol. The molecule has 3 rings (SSSR count). The molecule has 2 heterocycles. The lowest BCUT2D eigenvalue weighted by Gasteiger charge is -2.24. The smallest absolute Gasteiger partial charge is 0.276 e. The molecule has 0 aliphatic carbocycles. The molecule has 1 fully saturated rings. The van der Waals surface area contributed by atoms with Gasteiger partial charge in [-0.25, -0.2) is 4.98 Å². The summed E-state index contributed by atoms with van der Waals surface area (Å²) in [6, 6.07) is 9.60. The van der Waals surface area contributed by atoms with E-state index in [-0.39, 0.29) is 11.9 Å². The summed E-state index contributed by atoms with van der Waals surface area (Å²) in [6.07, 6.45) is 3.51. The van der Waals surface area contributed by atoms with Crippen LogP contribution >= 0.6 is 0 Å². The van der Waals surface area contributed by atoms with E-state index in [1.54, 1.807) is 11.8 Å². The molecule has 2 unspecified atom stereocenters. The van der Waals surface area contributed by atoms with E-state index in [9.17, 15) is 9.90 Å². The number of rotatable bonds is 4. The van der Waals surface area contributed by atoms with Gasteiger partial charge in [0, 0.05) is 18.2 Å². The van der Waals surface area contributed by atoms with E-state index in [1.807, 2.05) is 30.3 Å².